The molecule has 0 saturated carbocycles. The van der Waals surface area contributed by atoms with Crippen LogP contribution in [0.5, 0.6) is 17.2 Å². The van der Waals surface area contributed by atoms with Crippen molar-refractivity contribution in [1.29, 1.82) is 0 Å². The number of fused-ring (bicyclic) bond motifs is 1. The molecule has 0 atom stereocenters. The van der Waals surface area contributed by atoms with E-state index in [1.807, 2.05) is 4.68 Å². The van der Waals surface area contributed by atoms with E-state index in [2.05, 4.69) is 29.2 Å². The first-order valence-corrected chi connectivity index (χ1v) is 11.1. The zero-order valence-electron chi connectivity index (χ0n) is 18.5. The molecular formula is C24H29FN4O3. The zero-order valence-corrected chi connectivity index (χ0v) is 18.5. The molecule has 1 amide bonds. The summed E-state index contributed by atoms with van der Waals surface area (Å²) in [6.45, 7) is 8.43. The molecule has 0 radical (unpaired) electrons. The minimum atomic E-state index is -0.539. The molecule has 1 saturated heterocycles. The number of halogens is 1. The van der Waals surface area contributed by atoms with Crippen LogP contribution in [0.15, 0.2) is 42.6 Å². The van der Waals surface area contributed by atoms with Crippen LogP contribution >= 0.6 is 0 Å². The largest absolute Gasteiger partial charge is 0.453 e. The molecular weight excluding hydrogens is 411 g/mol. The first kappa shape index (κ1) is 22.1. The van der Waals surface area contributed by atoms with Gasteiger partial charge in [-0.15, -0.1) is 0 Å². The maximum atomic E-state index is 13.3. The molecule has 0 bridgehead atoms. The second-order valence-electron chi connectivity index (χ2n) is 8.50. The van der Waals surface area contributed by atoms with Crippen LogP contribution in [0.1, 0.15) is 26.7 Å². The third-order valence-corrected chi connectivity index (χ3v) is 5.39. The van der Waals surface area contributed by atoms with Crippen molar-refractivity contribution in [3.8, 4) is 17.2 Å². The van der Waals surface area contributed by atoms with Gasteiger partial charge in [0.05, 0.1) is 11.7 Å². The van der Waals surface area contributed by atoms with Gasteiger partial charge in [-0.3, -0.25) is 4.68 Å². The third-order valence-electron chi connectivity index (χ3n) is 5.39. The van der Waals surface area contributed by atoms with E-state index in [-0.39, 0.29) is 11.6 Å². The van der Waals surface area contributed by atoms with Crippen molar-refractivity contribution in [3.05, 3.63) is 48.4 Å². The molecule has 0 unspecified atom stereocenters. The van der Waals surface area contributed by atoms with Crippen LogP contribution in [-0.4, -0.2) is 47.0 Å². The summed E-state index contributed by atoms with van der Waals surface area (Å²) in [5.74, 6) is 1.15. The molecule has 3 aromatic rings. The maximum Gasteiger partial charge on any atom is 0.412 e. The number of ether oxygens (including phenoxy) is 2. The van der Waals surface area contributed by atoms with Crippen molar-refractivity contribution in [2.75, 3.05) is 26.2 Å². The fourth-order valence-corrected chi connectivity index (χ4v) is 3.82. The number of nitrogens with one attached hydrogen (secondary N) is 1. The molecule has 4 rings (SSSR count). The topological polar surface area (TPSA) is 68.6 Å². The van der Waals surface area contributed by atoms with Crippen LogP contribution in [0.4, 0.5) is 9.18 Å². The molecule has 0 spiro atoms. The standard InChI is InChI=1S/C24H29FN4O3/c1-17(2)16-29-21-14-23(32-24(30)26-9-12-28-10-3-4-11-28)22(13-18(21)15-27-29)31-20-7-5-19(25)6-8-20/h5-8,13-15,17H,3-4,9-12,16H2,1-2H3,(H,26,30). The Morgan fingerprint density at radius 2 is 1.91 bits per heavy atom. The Kier molecular flexibility index (Phi) is 6.90. The van der Waals surface area contributed by atoms with Crippen molar-refractivity contribution in [3.63, 3.8) is 0 Å². The first-order chi connectivity index (χ1) is 15.5. The fourth-order valence-electron chi connectivity index (χ4n) is 3.82. The molecule has 7 nitrogen and oxygen atoms in total. The number of carbonyl (C=O) groups excluding carboxylic acids is 1. The number of benzene rings is 2. The van der Waals surface area contributed by atoms with Gasteiger partial charge in [0.15, 0.2) is 11.5 Å². The number of nitrogens with zero attached hydrogens (tertiary/aromatic N) is 3. The second kappa shape index (κ2) is 9.99. The molecule has 1 fully saturated rings. The van der Waals surface area contributed by atoms with Crippen LogP contribution in [0.25, 0.3) is 10.9 Å². The number of hydrogen-bond donors (Lipinski definition) is 1. The third kappa shape index (κ3) is 5.56. The average Bonchev–Trinajstić information content (AvgIpc) is 3.40. The van der Waals surface area contributed by atoms with E-state index in [0.29, 0.717) is 24.0 Å². The summed E-state index contributed by atoms with van der Waals surface area (Å²) in [6, 6.07) is 9.25. The molecule has 1 aliphatic rings. The average molecular weight is 441 g/mol. The summed E-state index contributed by atoms with van der Waals surface area (Å²) < 4.78 is 26.7. The number of hydrogen-bond acceptors (Lipinski definition) is 5. The smallest absolute Gasteiger partial charge is 0.412 e. The zero-order chi connectivity index (χ0) is 22.5. The molecule has 32 heavy (non-hydrogen) atoms. The predicted octanol–water partition coefficient (Wildman–Crippen LogP) is 4.81. The highest BCUT2D eigenvalue weighted by molar-refractivity contribution is 5.84. The summed E-state index contributed by atoms with van der Waals surface area (Å²) in [4.78, 5) is 14.8. The van der Waals surface area contributed by atoms with Gasteiger partial charge < -0.3 is 19.7 Å². The lowest BCUT2D eigenvalue weighted by Gasteiger charge is -2.16. The van der Waals surface area contributed by atoms with Gasteiger partial charge in [-0.25, -0.2) is 9.18 Å². The molecule has 170 valence electrons. The van der Waals surface area contributed by atoms with Crippen molar-refractivity contribution in [1.82, 2.24) is 20.0 Å². The molecule has 0 aliphatic carbocycles. The van der Waals surface area contributed by atoms with Gasteiger partial charge in [-0.1, -0.05) is 13.8 Å². The number of rotatable bonds is 8. The summed E-state index contributed by atoms with van der Waals surface area (Å²) in [6.07, 6.45) is 3.63. The highest BCUT2D eigenvalue weighted by atomic mass is 19.1. The molecule has 2 heterocycles. The number of aromatic nitrogens is 2. The van der Waals surface area contributed by atoms with Gasteiger partial charge in [0, 0.05) is 31.1 Å². The first-order valence-electron chi connectivity index (χ1n) is 11.1. The van der Waals surface area contributed by atoms with Crippen LogP contribution in [0, 0.1) is 11.7 Å². The van der Waals surface area contributed by atoms with Gasteiger partial charge in [0.2, 0.25) is 0 Å². The monoisotopic (exact) mass is 440 g/mol. The Bertz CT molecular complexity index is 1060. The van der Waals surface area contributed by atoms with Crippen molar-refractivity contribution >= 4 is 17.0 Å². The van der Waals surface area contributed by atoms with Crippen molar-refractivity contribution in [2.45, 2.75) is 33.2 Å². The van der Waals surface area contributed by atoms with Crippen LogP contribution < -0.4 is 14.8 Å². The van der Waals surface area contributed by atoms with E-state index in [9.17, 15) is 9.18 Å². The van der Waals surface area contributed by atoms with Crippen LogP contribution in [-0.2, 0) is 6.54 Å². The Morgan fingerprint density at radius 1 is 1.16 bits per heavy atom. The van der Waals surface area contributed by atoms with E-state index >= 15 is 0 Å². The van der Waals surface area contributed by atoms with Gasteiger partial charge >= 0.3 is 6.09 Å². The van der Waals surface area contributed by atoms with E-state index < -0.39 is 6.09 Å². The van der Waals surface area contributed by atoms with Gasteiger partial charge in [0.1, 0.15) is 11.6 Å². The van der Waals surface area contributed by atoms with Crippen LogP contribution in [0.3, 0.4) is 0 Å². The Hall–Kier alpha value is -3.13. The van der Waals surface area contributed by atoms with Crippen molar-refractivity contribution in [2.24, 2.45) is 5.92 Å². The predicted molar refractivity (Wildman–Crippen MR) is 121 cm³/mol. The SMILES string of the molecule is CC(C)Cn1ncc2cc(Oc3ccc(F)cc3)c(OC(=O)NCCN3CCCC3)cc21. The van der Waals surface area contributed by atoms with E-state index in [1.165, 1.54) is 37.1 Å². The maximum absolute atomic E-state index is 13.3. The summed E-state index contributed by atoms with van der Waals surface area (Å²) >= 11 is 0. The molecule has 1 aliphatic heterocycles. The van der Waals surface area contributed by atoms with Crippen LogP contribution in [0.2, 0.25) is 0 Å². The second-order valence-corrected chi connectivity index (χ2v) is 8.50. The quantitative estimate of drug-likeness (QED) is 0.545. The number of likely N-dealkylation sites (tertiary alicyclic amines) is 1. The van der Waals surface area contributed by atoms with Crippen molar-refractivity contribution < 1.29 is 18.7 Å². The summed E-state index contributed by atoms with van der Waals surface area (Å²) in [7, 11) is 0. The van der Waals surface area contributed by atoms with Gasteiger partial charge in [-0.2, -0.15) is 5.10 Å². The number of carbonyl (C=O) groups is 1. The van der Waals surface area contributed by atoms with Gasteiger partial charge in [-0.05, 0) is 62.2 Å². The van der Waals surface area contributed by atoms with E-state index in [4.69, 9.17) is 9.47 Å². The fraction of sp³-hybridized carbons (Fsp3) is 0.417. The molecule has 1 aromatic heterocycles. The lowest BCUT2D eigenvalue weighted by molar-refractivity contribution is 0.197. The highest BCUT2D eigenvalue weighted by Crippen LogP contribution is 2.36. The number of amides is 1. The Morgan fingerprint density at radius 3 is 2.62 bits per heavy atom. The molecule has 2 aromatic carbocycles. The van der Waals surface area contributed by atoms with E-state index in [1.54, 1.807) is 18.3 Å². The Labute approximate surface area is 187 Å². The summed E-state index contributed by atoms with van der Waals surface area (Å²) in [5, 5.41) is 8.14. The van der Waals surface area contributed by atoms with E-state index in [0.717, 1.165) is 37.1 Å². The molecule has 1 N–H and O–H groups in total. The van der Waals surface area contributed by atoms with Gasteiger partial charge in [0.25, 0.3) is 0 Å². The normalized spacial score (nSPS) is 14.2. The molecule has 8 heteroatoms. The minimum Gasteiger partial charge on any atom is -0.453 e. The lowest BCUT2D eigenvalue weighted by Crippen LogP contribution is -2.35. The highest BCUT2D eigenvalue weighted by Gasteiger charge is 2.17. The Balaban J connectivity index is 1.54. The summed E-state index contributed by atoms with van der Waals surface area (Å²) in [5.41, 5.74) is 0.852. The minimum absolute atomic E-state index is 0.283. The lowest BCUT2D eigenvalue weighted by atomic mass is 10.2.